The molecule has 0 spiro atoms. The fourth-order valence-electron chi connectivity index (χ4n) is 1.99. The lowest BCUT2D eigenvalue weighted by molar-refractivity contribution is -0.137. The molecule has 1 amide bonds. The van der Waals surface area contributed by atoms with Crippen molar-refractivity contribution in [2.45, 2.75) is 18.9 Å². The summed E-state index contributed by atoms with van der Waals surface area (Å²) in [6, 6.07) is 8.80. The molecule has 0 unspecified atom stereocenters. The van der Waals surface area contributed by atoms with Crippen molar-refractivity contribution in [2.24, 2.45) is 0 Å². The van der Waals surface area contributed by atoms with E-state index in [2.05, 4.69) is 0 Å². The van der Waals surface area contributed by atoms with Crippen LogP contribution in [0.3, 0.4) is 0 Å². The van der Waals surface area contributed by atoms with Crippen molar-refractivity contribution in [3.8, 4) is 0 Å². The average molecular weight is 249 g/mol. The van der Waals surface area contributed by atoms with Crippen LogP contribution in [0.1, 0.15) is 12.8 Å². The van der Waals surface area contributed by atoms with Crippen molar-refractivity contribution >= 4 is 17.6 Å². The van der Waals surface area contributed by atoms with Gasteiger partial charge in [-0.2, -0.15) is 0 Å². The molecule has 1 aliphatic rings. The molecule has 0 bridgehead atoms. The molecule has 1 saturated heterocycles. The van der Waals surface area contributed by atoms with E-state index in [-0.39, 0.29) is 12.5 Å². The molecule has 1 atom stereocenters. The summed E-state index contributed by atoms with van der Waals surface area (Å²) in [6.07, 6.45) is 0.984. The van der Waals surface area contributed by atoms with Gasteiger partial charge in [0.1, 0.15) is 12.6 Å². The Labute approximate surface area is 105 Å². The molecule has 0 aliphatic carbocycles. The minimum atomic E-state index is -1.04. The molecule has 1 heterocycles. The summed E-state index contributed by atoms with van der Waals surface area (Å²) in [5.74, 6) is -1.31. The summed E-state index contributed by atoms with van der Waals surface area (Å²) in [4.78, 5) is 24.3. The largest absolute Gasteiger partial charge is 0.480 e. The lowest BCUT2D eigenvalue weighted by atomic mass is 10.2. The standard InChI is InChI=1S/C13H15NO4/c15-12(16)9-14(10-5-2-1-3-6-10)13(17)11-7-4-8-18-11/h1-3,5-6,11H,4,7-9H2,(H,15,16)/t11-/m1/s1. The van der Waals surface area contributed by atoms with Gasteiger partial charge < -0.3 is 9.84 Å². The quantitative estimate of drug-likeness (QED) is 0.873. The summed E-state index contributed by atoms with van der Waals surface area (Å²) < 4.78 is 5.31. The number of rotatable bonds is 4. The zero-order valence-corrected chi connectivity index (χ0v) is 9.91. The highest BCUT2D eigenvalue weighted by atomic mass is 16.5. The molecule has 5 nitrogen and oxygen atoms in total. The van der Waals surface area contributed by atoms with Crippen molar-refractivity contribution < 1.29 is 19.4 Å². The molecule has 96 valence electrons. The molecule has 0 saturated carbocycles. The van der Waals surface area contributed by atoms with Gasteiger partial charge in [-0.15, -0.1) is 0 Å². The normalized spacial score (nSPS) is 18.6. The minimum absolute atomic E-state index is 0.277. The summed E-state index contributed by atoms with van der Waals surface area (Å²) in [5, 5.41) is 8.90. The van der Waals surface area contributed by atoms with Crippen LogP contribution in [-0.4, -0.2) is 36.2 Å². The number of ether oxygens (including phenoxy) is 1. The maximum atomic E-state index is 12.2. The fraction of sp³-hybridized carbons (Fsp3) is 0.385. The number of hydrogen-bond acceptors (Lipinski definition) is 3. The average Bonchev–Trinajstić information content (AvgIpc) is 2.90. The lowest BCUT2D eigenvalue weighted by Gasteiger charge is -2.23. The number of anilines is 1. The van der Waals surface area contributed by atoms with Crippen molar-refractivity contribution in [1.82, 2.24) is 0 Å². The van der Waals surface area contributed by atoms with Gasteiger partial charge in [-0.05, 0) is 25.0 Å². The fourth-order valence-corrected chi connectivity index (χ4v) is 1.99. The first-order chi connectivity index (χ1) is 8.68. The highest BCUT2D eigenvalue weighted by molar-refractivity contribution is 6.00. The Morgan fingerprint density at radius 1 is 1.33 bits per heavy atom. The van der Waals surface area contributed by atoms with E-state index in [9.17, 15) is 9.59 Å². The molecule has 0 aromatic heterocycles. The Kier molecular flexibility index (Phi) is 3.94. The molecular weight excluding hydrogens is 234 g/mol. The van der Waals surface area contributed by atoms with Gasteiger partial charge in [-0.1, -0.05) is 18.2 Å². The van der Waals surface area contributed by atoms with Crippen LogP contribution in [0.25, 0.3) is 0 Å². The zero-order chi connectivity index (χ0) is 13.0. The maximum absolute atomic E-state index is 12.2. The third-order valence-electron chi connectivity index (χ3n) is 2.83. The van der Waals surface area contributed by atoms with E-state index in [1.807, 2.05) is 6.07 Å². The van der Waals surface area contributed by atoms with Gasteiger partial charge in [0.05, 0.1) is 0 Å². The number of carboxylic acids is 1. The summed E-state index contributed by atoms with van der Waals surface area (Å²) in [7, 11) is 0. The first kappa shape index (κ1) is 12.6. The van der Waals surface area contributed by atoms with Crippen LogP contribution in [-0.2, 0) is 14.3 Å². The molecule has 0 radical (unpaired) electrons. The van der Waals surface area contributed by atoms with Gasteiger partial charge >= 0.3 is 5.97 Å². The van der Waals surface area contributed by atoms with Crippen molar-refractivity contribution in [2.75, 3.05) is 18.1 Å². The number of carbonyl (C=O) groups excluding carboxylic acids is 1. The van der Waals surface area contributed by atoms with Gasteiger partial charge in [-0.25, -0.2) is 0 Å². The maximum Gasteiger partial charge on any atom is 0.323 e. The molecule has 1 N–H and O–H groups in total. The van der Waals surface area contributed by atoms with Crippen molar-refractivity contribution in [1.29, 1.82) is 0 Å². The monoisotopic (exact) mass is 249 g/mol. The first-order valence-electron chi connectivity index (χ1n) is 5.88. The number of nitrogens with zero attached hydrogens (tertiary/aromatic N) is 1. The van der Waals surface area contributed by atoms with Gasteiger partial charge in [0.2, 0.25) is 0 Å². The SMILES string of the molecule is O=C(O)CN(C(=O)[C@H]1CCCO1)c1ccccc1. The number of carboxylic acid groups (broad SMARTS) is 1. The third-order valence-corrected chi connectivity index (χ3v) is 2.83. The molecule has 1 aromatic rings. The molecule has 1 fully saturated rings. The van der Waals surface area contributed by atoms with Gasteiger partial charge in [-0.3, -0.25) is 14.5 Å². The highest BCUT2D eigenvalue weighted by Gasteiger charge is 2.30. The van der Waals surface area contributed by atoms with Crippen LogP contribution >= 0.6 is 0 Å². The number of para-hydroxylation sites is 1. The van der Waals surface area contributed by atoms with Crippen LogP contribution in [0, 0.1) is 0 Å². The van der Waals surface area contributed by atoms with Crippen molar-refractivity contribution in [3.63, 3.8) is 0 Å². The topological polar surface area (TPSA) is 66.8 Å². The first-order valence-corrected chi connectivity index (χ1v) is 5.88. The molecule has 18 heavy (non-hydrogen) atoms. The van der Waals surface area contributed by atoms with E-state index < -0.39 is 12.1 Å². The Morgan fingerprint density at radius 3 is 2.61 bits per heavy atom. The van der Waals surface area contributed by atoms with Crippen LogP contribution in [0.4, 0.5) is 5.69 Å². The van der Waals surface area contributed by atoms with E-state index in [0.717, 1.165) is 6.42 Å². The van der Waals surface area contributed by atoms with Crippen LogP contribution < -0.4 is 4.90 Å². The van der Waals surface area contributed by atoms with Crippen molar-refractivity contribution in [3.05, 3.63) is 30.3 Å². The highest BCUT2D eigenvalue weighted by Crippen LogP contribution is 2.20. The predicted octanol–water partition coefficient (Wildman–Crippen LogP) is 1.28. The van der Waals surface area contributed by atoms with Crippen LogP contribution in [0.5, 0.6) is 0 Å². The predicted molar refractivity (Wildman–Crippen MR) is 65.4 cm³/mol. The number of hydrogen-bond donors (Lipinski definition) is 1. The second kappa shape index (κ2) is 5.64. The number of aliphatic carboxylic acids is 1. The smallest absolute Gasteiger partial charge is 0.323 e. The summed E-state index contributed by atoms with van der Waals surface area (Å²) in [6.45, 7) is 0.217. The van der Waals surface area contributed by atoms with Gasteiger partial charge in [0.25, 0.3) is 5.91 Å². The Morgan fingerprint density at radius 2 is 2.06 bits per heavy atom. The Balaban J connectivity index is 2.19. The molecule has 1 aliphatic heterocycles. The third kappa shape index (κ3) is 2.87. The second-order valence-electron chi connectivity index (χ2n) is 4.16. The van der Waals surface area contributed by atoms with Gasteiger partial charge in [0.15, 0.2) is 0 Å². The van der Waals surface area contributed by atoms with E-state index in [1.54, 1.807) is 24.3 Å². The Bertz CT molecular complexity index is 426. The molecule has 2 rings (SSSR count). The van der Waals surface area contributed by atoms with Crippen LogP contribution in [0.15, 0.2) is 30.3 Å². The molecule has 5 heteroatoms. The van der Waals surface area contributed by atoms with Crippen LogP contribution in [0.2, 0.25) is 0 Å². The number of carbonyl (C=O) groups is 2. The van der Waals surface area contributed by atoms with Gasteiger partial charge in [0, 0.05) is 12.3 Å². The van der Waals surface area contributed by atoms with E-state index in [1.165, 1.54) is 4.90 Å². The minimum Gasteiger partial charge on any atom is -0.480 e. The number of benzene rings is 1. The molecular formula is C13H15NO4. The van der Waals surface area contributed by atoms with E-state index >= 15 is 0 Å². The lowest BCUT2D eigenvalue weighted by Crippen LogP contribution is -2.42. The van der Waals surface area contributed by atoms with E-state index in [4.69, 9.17) is 9.84 Å². The zero-order valence-electron chi connectivity index (χ0n) is 9.91. The number of amides is 1. The second-order valence-corrected chi connectivity index (χ2v) is 4.16. The molecule has 1 aromatic carbocycles. The Hall–Kier alpha value is -1.88. The van der Waals surface area contributed by atoms with E-state index in [0.29, 0.717) is 18.7 Å². The summed E-state index contributed by atoms with van der Waals surface area (Å²) >= 11 is 0. The summed E-state index contributed by atoms with van der Waals surface area (Å²) in [5.41, 5.74) is 0.584.